The third-order valence-corrected chi connectivity index (χ3v) is 4.53. The molecule has 1 aromatic heterocycles. The minimum Gasteiger partial charge on any atom is -0.453 e. The number of fused-ring (bicyclic) bond motifs is 1. The Morgan fingerprint density at radius 2 is 1.90 bits per heavy atom. The summed E-state index contributed by atoms with van der Waals surface area (Å²) in [5, 5.41) is 13.9. The molecule has 30 heavy (non-hydrogen) atoms. The number of benzene rings is 2. The number of para-hydroxylation sites is 1. The molecule has 0 fully saturated rings. The molecule has 1 atom stereocenters. The van der Waals surface area contributed by atoms with Crippen molar-refractivity contribution in [1.82, 2.24) is 10.3 Å². The standard InChI is InChI=1S/C21H19N3O6/c1-12-19(16-8-3-4-9-17(16)23-12)20(26)13(2)30-18(25)11-22-21(27)14-6-5-7-15(10-14)24(28)29/h3-10,13,23H,11H2,1-2H3,(H,22,27)/t13-/m0/s1. The zero-order valence-corrected chi connectivity index (χ0v) is 16.3. The van der Waals surface area contributed by atoms with Gasteiger partial charge in [0.15, 0.2) is 6.10 Å². The number of amides is 1. The number of aromatic nitrogens is 1. The number of carbonyl (C=O) groups is 3. The van der Waals surface area contributed by atoms with E-state index in [0.29, 0.717) is 11.3 Å². The second-order valence-corrected chi connectivity index (χ2v) is 6.66. The van der Waals surface area contributed by atoms with Gasteiger partial charge in [-0.25, -0.2) is 0 Å². The molecule has 2 aromatic carbocycles. The van der Waals surface area contributed by atoms with E-state index in [1.807, 2.05) is 18.2 Å². The zero-order valence-electron chi connectivity index (χ0n) is 16.3. The Labute approximate surface area is 171 Å². The van der Waals surface area contributed by atoms with Crippen LogP contribution < -0.4 is 5.32 Å². The molecule has 0 aliphatic heterocycles. The number of Topliss-reactive ketones (excluding diaryl/α,β-unsaturated/α-hetero) is 1. The maximum atomic E-state index is 12.8. The SMILES string of the molecule is Cc1[nH]c2ccccc2c1C(=O)[C@H](C)OC(=O)CNC(=O)c1cccc([N+](=O)[O-])c1. The van der Waals surface area contributed by atoms with Gasteiger partial charge in [-0.1, -0.05) is 24.3 Å². The van der Waals surface area contributed by atoms with Crippen LogP contribution in [0.15, 0.2) is 48.5 Å². The molecule has 154 valence electrons. The fourth-order valence-corrected chi connectivity index (χ4v) is 3.10. The molecular weight excluding hydrogens is 390 g/mol. The maximum Gasteiger partial charge on any atom is 0.326 e. The van der Waals surface area contributed by atoms with Gasteiger partial charge in [-0.15, -0.1) is 0 Å². The topological polar surface area (TPSA) is 131 Å². The van der Waals surface area contributed by atoms with Crippen LogP contribution in [0.2, 0.25) is 0 Å². The number of non-ortho nitro benzene ring substituents is 1. The average molecular weight is 409 g/mol. The van der Waals surface area contributed by atoms with Gasteiger partial charge in [0, 0.05) is 39.9 Å². The van der Waals surface area contributed by atoms with E-state index in [-0.39, 0.29) is 17.0 Å². The number of nitro benzene ring substituents is 1. The van der Waals surface area contributed by atoms with Gasteiger partial charge in [0.05, 0.1) is 4.92 Å². The minimum atomic E-state index is -1.05. The molecule has 0 saturated heterocycles. The second-order valence-electron chi connectivity index (χ2n) is 6.66. The van der Waals surface area contributed by atoms with E-state index in [1.165, 1.54) is 25.1 Å². The molecule has 1 heterocycles. The zero-order chi connectivity index (χ0) is 21.8. The molecule has 9 heteroatoms. The Balaban J connectivity index is 1.61. The van der Waals surface area contributed by atoms with Gasteiger partial charge in [0.25, 0.3) is 11.6 Å². The van der Waals surface area contributed by atoms with Crippen LogP contribution in [0.4, 0.5) is 5.69 Å². The monoisotopic (exact) mass is 409 g/mol. The van der Waals surface area contributed by atoms with E-state index in [1.54, 1.807) is 13.0 Å². The van der Waals surface area contributed by atoms with E-state index < -0.39 is 29.4 Å². The highest BCUT2D eigenvalue weighted by Gasteiger charge is 2.24. The normalized spacial score (nSPS) is 11.7. The summed E-state index contributed by atoms with van der Waals surface area (Å²) in [5.74, 6) is -1.82. The number of ether oxygens (including phenoxy) is 1. The van der Waals surface area contributed by atoms with Crippen molar-refractivity contribution in [3.63, 3.8) is 0 Å². The number of carbonyl (C=O) groups excluding carboxylic acids is 3. The number of hydrogen-bond donors (Lipinski definition) is 2. The van der Waals surface area contributed by atoms with Crippen LogP contribution in [0.1, 0.15) is 33.3 Å². The smallest absolute Gasteiger partial charge is 0.326 e. The fraction of sp³-hybridized carbons (Fsp3) is 0.190. The fourth-order valence-electron chi connectivity index (χ4n) is 3.10. The summed E-state index contributed by atoms with van der Waals surface area (Å²) in [6, 6.07) is 12.4. The van der Waals surface area contributed by atoms with Gasteiger partial charge in [0.1, 0.15) is 6.54 Å². The van der Waals surface area contributed by atoms with Crippen LogP contribution in [0.5, 0.6) is 0 Å². The van der Waals surface area contributed by atoms with E-state index in [0.717, 1.165) is 17.0 Å². The number of hydrogen-bond acceptors (Lipinski definition) is 6. The Kier molecular flexibility index (Phi) is 5.91. The van der Waals surface area contributed by atoms with Crippen molar-refractivity contribution in [2.24, 2.45) is 0 Å². The molecule has 0 radical (unpaired) electrons. The van der Waals surface area contributed by atoms with Gasteiger partial charge in [-0.2, -0.15) is 0 Å². The Hall–Kier alpha value is -4.01. The summed E-state index contributed by atoms with van der Waals surface area (Å²) < 4.78 is 5.16. The van der Waals surface area contributed by atoms with Crippen LogP contribution in [0.25, 0.3) is 10.9 Å². The lowest BCUT2D eigenvalue weighted by molar-refractivity contribution is -0.384. The van der Waals surface area contributed by atoms with Gasteiger partial charge in [-0.05, 0) is 26.0 Å². The molecule has 0 spiro atoms. The number of aromatic amines is 1. The lowest BCUT2D eigenvalue weighted by Crippen LogP contribution is -2.34. The highest BCUT2D eigenvalue weighted by Crippen LogP contribution is 2.23. The van der Waals surface area contributed by atoms with Crippen molar-refractivity contribution < 1.29 is 24.0 Å². The van der Waals surface area contributed by atoms with Crippen LogP contribution in [0, 0.1) is 17.0 Å². The first-order valence-electron chi connectivity index (χ1n) is 9.11. The summed E-state index contributed by atoms with van der Waals surface area (Å²) in [6.45, 7) is 2.75. The molecule has 0 aliphatic carbocycles. The predicted octanol–water partition coefficient (Wildman–Crippen LogP) is 2.93. The van der Waals surface area contributed by atoms with Gasteiger partial charge >= 0.3 is 5.97 Å². The van der Waals surface area contributed by atoms with Crippen molar-refractivity contribution in [2.45, 2.75) is 20.0 Å². The van der Waals surface area contributed by atoms with Gasteiger partial charge in [0.2, 0.25) is 5.78 Å². The predicted molar refractivity (Wildman–Crippen MR) is 108 cm³/mol. The van der Waals surface area contributed by atoms with E-state index in [2.05, 4.69) is 10.3 Å². The molecule has 0 saturated carbocycles. The number of ketones is 1. The third kappa shape index (κ3) is 4.35. The van der Waals surface area contributed by atoms with Crippen molar-refractivity contribution in [3.8, 4) is 0 Å². The first-order valence-corrected chi connectivity index (χ1v) is 9.11. The molecule has 3 aromatic rings. The largest absolute Gasteiger partial charge is 0.453 e. The lowest BCUT2D eigenvalue weighted by atomic mass is 10.0. The van der Waals surface area contributed by atoms with Gasteiger partial charge < -0.3 is 15.0 Å². The highest BCUT2D eigenvalue weighted by molar-refractivity contribution is 6.11. The van der Waals surface area contributed by atoms with Crippen molar-refractivity contribution in [1.29, 1.82) is 0 Å². The molecule has 3 rings (SSSR count). The molecule has 1 amide bonds. The number of nitrogens with zero attached hydrogens (tertiary/aromatic N) is 1. The average Bonchev–Trinajstić information content (AvgIpc) is 3.07. The number of nitrogens with one attached hydrogen (secondary N) is 2. The van der Waals surface area contributed by atoms with Crippen LogP contribution >= 0.6 is 0 Å². The molecule has 0 bridgehead atoms. The molecule has 0 unspecified atom stereocenters. The van der Waals surface area contributed by atoms with Crippen LogP contribution in [0.3, 0.4) is 0 Å². The summed E-state index contributed by atoms with van der Waals surface area (Å²) in [5.41, 5.74) is 1.73. The lowest BCUT2D eigenvalue weighted by Gasteiger charge is -2.13. The minimum absolute atomic E-state index is 0.0375. The summed E-state index contributed by atoms with van der Waals surface area (Å²) >= 11 is 0. The Bertz CT molecular complexity index is 1150. The Morgan fingerprint density at radius 3 is 2.63 bits per heavy atom. The molecular formula is C21H19N3O6. The van der Waals surface area contributed by atoms with Crippen LogP contribution in [-0.2, 0) is 9.53 Å². The third-order valence-electron chi connectivity index (χ3n) is 4.53. The van der Waals surface area contributed by atoms with Crippen molar-refractivity contribution in [3.05, 3.63) is 75.5 Å². The highest BCUT2D eigenvalue weighted by atomic mass is 16.6. The first kappa shape index (κ1) is 20.7. The quantitative estimate of drug-likeness (QED) is 0.267. The summed E-state index contributed by atoms with van der Waals surface area (Å²) in [6.07, 6.45) is -1.05. The van der Waals surface area contributed by atoms with E-state index in [4.69, 9.17) is 4.74 Å². The van der Waals surface area contributed by atoms with Crippen molar-refractivity contribution in [2.75, 3.05) is 6.54 Å². The van der Waals surface area contributed by atoms with Crippen LogP contribution in [-0.4, -0.2) is 40.2 Å². The number of esters is 1. The maximum absolute atomic E-state index is 12.8. The summed E-state index contributed by atoms with van der Waals surface area (Å²) in [4.78, 5) is 50.3. The molecule has 0 aliphatic rings. The number of H-pyrrole nitrogens is 1. The number of rotatable bonds is 7. The first-order chi connectivity index (χ1) is 14.3. The molecule has 2 N–H and O–H groups in total. The number of nitro groups is 1. The molecule has 9 nitrogen and oxygen atoms in total. The van der Waals surface area contributed by atoms with E-state index >= 15 is 0 Å². The number of aryl methyl sites for hydroxylation is 1. The van der Waals surface area contributed by atoms with Crippen molar-refractivity contribution >= 4 is 34.3 Å². The van der Waals surface area contributed by atoms with Gasteiger partial charge in [-0.3, -0.25) is 24.5 Å². The Morgan fingerprint density at radius 1 is 1.17 bits per heavy atom. The van der Waals surface area contributed by atoms with E-state index in [9.17, 15) is 24.5 Å². The second kappa shape index (κ2) is 8.56. The summed E-state index contributed by atoms with van der Waals surface area (Å²) in [7, 11) is 0.